The number of H-pyrrole nitrogens is 1. The number of non-ortho nitro benzene ring substituents is 1. The van der Waals surface area contributed by atoms with Crippen molar-refractivity contribution in [3.8, 4) is 34.7 Å². The summed E-state index contributed by atoms with van der Waals surface area (Å²) in [6.07, 6.45) is 0. The number of nitriles is 1. The van der Waals surface area contributed by atoms with Crippen molar-refractivity contribution < 1.29 is 19.1 Å². The van der Waals surface area contributed by atoms with E-state index in [4.69, 9.17) is 19.9 Å². The summed E-state index contributed by atoms with van der Waals surface area (Å²) in [5, 5.41) is 28.0. The van der Waals surface area contributed by atoms with Crippen LogP contribution in [0.2, 0.25) is 0 Å². The number of allylic oxidation sites excluding steroid dienone is 1. The number of fused-ring (bicyclic) bond motifs is 1. The van der Waals surface area contributed by atoms with Gasteiger partial charge in [-0.1, -0.05) is 0 Å². The maximum absolute atomic E-state index is 11.0. The molecule has 1 aromatic heterocycles. The smallest absolute Gasteiger partial charge is 0.269 e. The molecule has 3 aromatic rings. The lowest BCUT2D eigenvalue weighted by atomic mass is 9.82. The zero-order chi connectivity index (χ0) is 22.1. The van der Waals surface area contributed by atoms with Crippen molar-refractivity contribution in [2.45, 2.75) is 5.92 Å². The molecule has 10 nitrogen and oxygen atoms in total. The zero-order valence-corrected chi connectivity index (χ0v) is 16.6. The summed E-state index contributed by atoms with van der Waals surface area (Å²) in [6, 6.07) is 13.3. The van der Waals surface area contributed by atoms with E-state index in [2.05, 4.69) is 16.3 Å². The second-order valence-corrected chi connectivity index (χ2v) is 6.65. The summed E-state index contributed by atoms with van der Waals surface area (Å²) in [4.78, 5) is 10.5. The highest BCUT2D eigenvalue weighted by Crippen LogP contribution is 2.48. The Balaban J connectivity index is 1.95. The summed E-state index contributed by atoms with van der Waals surface area (Å²) in [7, 11) is 3.06. The molecule has 2 heterocycles. The molecule has 0 saturated carbocycles. The number of nitro benzene ring substituents is 1. The standard InChI is InChI=1S/C21H17N5O5/c1-29-13-7-8-16(30-2)14(9-13)17-15(10-22)20(23)31-21-18(17)19(24-25-21)11-3-5-12(6-4-11)26(27)28/h3-9,17H,23H2,1-2H3,(H,24,25)/t17-/m0/s1. The number of aromatic nitrogens is 2. The van der Waals surface area contributed by atoms with Gasteiger partial charge in [-0.15, -0.1) is 5.10 Å². The van der Waals surface area contributed by atoms with Crippen molar-refractivity contribution >= 4 is 5.69 Å². The molecule has 0 bridgehead atoms. The van der Waals surface area contributed by atoms with Gasteiger partial charge in [-0.05, 0) is 30.3 Å². The third-order valence-corrected chi connectivity index (χ3v) is 5.05. The summed E-state index contributed by atoms with van der Waals surface area (Å²) in [5.74, 6) is 0.573. The van der Waals surface area contributed by atoms with E-state index in [1.165, 1.54) is 26.4 Å². The van der Waals surface area contributed by atoms with E-state index in [1.807, 2.05) is 0 Å². The second-order valence-electron chi connectivity index (χ2n) is 6.65. The number of nitrogens with two attached hydrogens (primary N) is 1. The number of nitrogens with zero attached hydrogens (tertiary/aromatic N) is 3. The number of hydrogen-bond acceptors (Lipinski definition) is 8. The van der Waals surface area contributed by atoms with Crippen LogP contribution < -0.4 is 19.9 Å². The number of aromatic amines is 1. The van der Waals surface area contributed by atoms with Gasteiger partial charge in [0, 0.05) is 23.3 Å². The second kappa shape index (κ2) is 7.72. The largest absolute Gasteiger partial charge is 0.497 e. The van der Waals surface area contributed by atoms with Crippen molar-refractivity contribution in [1.82, 2.24) is 10.2 Å². The number of rotatable bonds is 5. The van der Waals surface area contributed by atoms with Crippen LogP contribution >= 0.6 is 0 Å². The third kappa shape index (κ3) is 3.28. The molecule has 31 heavy (non-hydrogen) atoms. The normalized spacial score (nSPS) is 14.9. The Labute approximate surface area is 176 Å². The molecule has 4 rings (SSSR count). The minimum atomic E-state index is -0.664. The van der Waals surface area contributed by atoms with Gasteiger partial charge in [0.25, 0.3) is 5.69 Å². The molecular weight excluding hydrogens is 402 g/mol. The fraction of sp³-hybridized carbons (Fsp3) is 0.143. The molecule has 1 aliphatic rings. The molecule has 1 atom stereocenters. The van der Waals surface area contributed by atoms with Crippen molar-refractivity contribution in [3.05, 3.63) is 75.2 Å². The van der Waals surface area contributed by atoms with Gasteiger partial charge in [0.2, 0.25) is 11.8 Å². The van der Waals surface area contributed by atoms with Crippen LogP contribution in [-0.2, 0) is 0 Å². The van der Waals surface area contributed by atoms with Gasteiger partial charge in [0.05, 0.1) is 36.3 Å². The van der Waals surface area contributed by atoms with E-state index in [-0.39, 0.29) is 23.0 Å². The molecule has 3 N–H and O–H groups in total. The van der Waals surface area contributed by atoms with E-state index in [0.717, 1.165) is 0 Å². The van der Waals surface area contributed by atoms with Gasteiger partial charge in [-0.25, -0.2) is 0 Å². The first-order chi connectivity index (χ1) is 15.0. The van der Waals surface area contributed by atoms with Crippen LogP contribution in [0.25, 0.3) is 11.3 Å². The summed E-state index contributed by atoms with van der Waals surface area (Å²) in [5.41, 5.74) is 8.54. The molecule has 10 heteroatoms. The average Bonchev–Trinajstić information content (AvgIpc) is 3.20. The lowest BCUT2D eigenvalue weighted by Gasteiger charge is -2.25. The number of nitrogens with one attached hydrogen (secondary N) is 1. The van der Waals surface area contributed by atoms with Crippen molar-refractivity contribution in [2.24, 2.45) is 5.73 Å². The van der Waals surface area contributed by atoms with Crippen molar-refractivity contribution in [3.63, 3.8) is 0 Å². The predicted molar refractivity (Wildman–Crippen MR) is 110 cm³/mol. The minimum Gasteiger partial charge on any atom is -0.497 e. The van der Waals surface area contributed by atoms with Gasteiger partial charge < -0.3 is 19.9 Å². The summed E-state index contributed by atoms with van der Waals surface area (Å²) < 4.78 is 16.5. The molecule has 0 saturated heterocycles. The highest BCUT2D eigenvalue weighted by atomic mass is 16.6. The number of nitro groups is 1. The van der Waals surface area contributed by atoms with E-state index in [1.54, 1.807) is 30.3 Å². The number of hydrogen-bond donors (Lipinski definition) is 2. The van der Waals surface area contributed by atoms with Crippen molar-refractivity contribution in [2.75, 3.05) is 14.2 Å². The molecule has 0 unspecified atom stereocenters. The van der Waals surface area contributed by atoms with Crippen LogP contribution in [0.15, 0.2) is 53.9 Å². The van der Waals surface area contributed by atoms with Gasteiger partial charge in [-0.3, -0.25) is 15.2 Å². The molecule has 0 fully saturated rings. The molecule has 156 valence electrons. The van der Waals surface area contributed by atoms with E-state index in [9.17, 15) is 15.4 Å². The summed E-state index contributed by atoms with van der Waals surface area (Å²) >= 11 is 0. The lowest BCUT2D eigenvalue weighted by Crippen LogP contribution is -2.21. The highest BCUT2D eigenvalue weighted by molar-refractivity contribution is 5.72. The number of ether oxygens (including phenoxy) is 3. The van der Waals surface area contributed by atoms with Crippen molar-refractivity contribution in [1.29, 1.82) is 5.26 Å². The first kappa shape index (κ1) is 19.8. The predicted octanol–water partition coefficient (Wildman–Crippen LogP) is 3.22. The SMILES string of the molecule is COc1ccc(OC)c([C@H]2C(C#N)=C(N)Oc3n[nH]c(-c4ccc([N+](=O)[O-])cc4)c32)c1. The quantitative estimate of drug-likeness (QED) is 0.473. The molecule has 0 spiro atoms. The molecule has 0 amide bonds. The maximum Gasteiger partial charge on any atom is 0.269 e. The van der Waals surface area contributed by atoms with Gasteiger partial charge in [0.15, 0.2) is 0 Å². The summed E-state index contributed by atoms with van der Waals surface area (Å²) in [6.45, 7) is 0. The highest BCUT2D eigenvalue weighted by Gasteiger charge is 2.37. The van der Waals surface area contributed by atoms with Crippen LogP contribution in [0.3, 0.4) is 0 Å². The monoisotopic (exact) mass is 419 g/mol. The Morgan fingerprint density at radius 3 is 2.58 bits per heavy atom. The van der Waals surface area contributed by atoms with Crippen LogP contribution in [-0.4, -0.2) is 29.3 Å². The minimum absolute atomic E-state index is 0.0405. The lowest BCUT2D eigenvalue weighted by molar-refractivity contribution is -0.384. The Morgan fingerprint density at radius 1 is 1.23 bits per heavy atom. The third-order valence-electron chi connectivity index (χ3n) is 5.05. The molecule has 2 aromatic carbocycles. The van der Waals surface area contributed by atoms with Crippen LogP contribution in [0.5, 0.6) is 17.4 Å². The Hall–Kier alpha value is -4.52. The van der Waals surface area contributed by atoms with Crippen LogP contribution in [0.4, 0.5) is 5.69 Å². The first-order valence-electron chi connectivity index (χ1n) is 9.11. The molecule has 0 aliphatic carbocycles. The van der Waals surface area contributed by atoms with Gasteiger partial charge >= 0.3 is 0 Å². The van der Waals surface area contributed by atoms with Crippen LogP contribution in [0.1, 0.15) is 17.0 Å². The fourth-order valence-electron chi connectivity index (χ4n) is 3.59. The van der Waals surface area contributed by atoms with E-state index in [0.29, 0.717) is 33.9 Å². The number of methoxy groups -OCH3 is 2. The number of benzene rings is 2. The Bertz CT molecular complexity index is 1240. The fourth-order valence-corrected chi connectivity index (χ4v) is 3.59. The van der Waals surface area contributed by atoms with Gasteiger partial charge in [0.1, 0.15) is 23.1 Å². The zero-order valence-electron chi connectivity index (χ0n) is 16.6. The molecule has 1 aliphatic heterocycles. The Morgan fingerprint density at radius 2 is 1.97 bits per heavy atom. The van der Waals surface area contributed by atoms with Crippen LogP contribution in [0, 0.1) is 21.4 Å². The Kier molecular flexibility index (Phi) is 4.92. The molecule has 0 radical (unpaired) electrons. The maximum atomic E-state index is 11.0. The molecular formula is C21H17N5O5. The average molecular weight is 419 g/mol. The van der Waals surface area contributed by atoms with Gasteiger partial charge in [-0.2, -0.15) is 5.26 Å². The van der Waals surface area contributed by atoms with E-state index >= 15 is 0 Å². The van der Waals surface area contributed by atoms with E-state index < -0.39 is 10.8 Å². The first-order valence-corrected chi connectivity index (χ1v) is 9.11. The topological polar surface area (TPSA) is 149 Å².